The van der Waals surface area contributed by atoms with Crippen molar-refractivity contribution in [3.8, 4) is 0 Å². The summed E-state index contributed by atoms with van der Waals surface area (Å²) in [6.07, 6.45) is 3.70. The highest BCUT2D eigenvalue weighted by molar-refractivity contribution is 6.31. The van der Waals surface area contributed by atoms with Crippen LogP contribution in [0.2, 0.25) is 5.02 Å². The molecule has 1 saturated carbocycles. The van der Waals surface area contributed by atoms with Crippen LogP contribution in [0.25, 0.3) is 0 Å². The highest BCUT2D eigenvalue weighted by atomic mass is 35.5. The van der Waals surface area contributed by atoms with Crippen molar-refractivity contribution >= 4 is 11.6 Å². The van der Waals surface area contributed by atoms with E-state index in [4.69, 9.17) is 11.6 Å². The lowest BCUT2D eigenvalue weighted by atomic mass is 9.94. The van der Waals surface area contributed by atoms with E-state index in [0.29, 0.717) is 10.6 Å². The summed E-state index contributed by atoms with van der Waals surface area (Å²) in [5.74, 6) is -0.101. The Balaban J connectivity index is 2.23. The Bertz CT molecular complexity index is 347. The van der Waals surface area contributed by atoms with E-state index in [0.717, 1.165) is 25.7 Å². The molecule has 0 aliphatic heterocycles. The van der Waals surface area contributed by atoms with Crippen molar-refractivity contribution in [2.75, 3.05) is 0 Å². The predicted octanol–water partition coefficient (Wildman–Crippen LogP) is 3.70. The van der Waals surface area contributed by atoms with Crippen molar-refractivity contribution in [1.82, 2.24) is 0 Å². The molecular formula is C12H14ClFO. The van der Waals surface area contributed by atoms with Crippen LogP contribution < -0.4 is 0 Å². The zero-order valence-electron chi connectivity index (χ0n) is 8.42. The van der Waals surface area contributed by atoms with Crippen LogP contribution in [0.3, 0.4) is 0 Å². The van der Waals surface area contributed by atoms with Gasteiger partial charge in [-0.3, -0.25) is 0 Å². The molecule has 2 rings (SSSR count). The molecule has 3 heteroatoms. The Morgan fingerprint density at radius 2 is 2.00 bits per heavy atom. The molecule has 1 N–H and O–H groups in total. The van der Waals surface area contributed by atoms with Crippen molar-refractivity contribution in [3.05, 3.63) is 34.6 Å². The number of aliphatic hydroxyl groups excluding tert-OH is 1. The molecule has 0 saturated heterocycles. The Hall–Kier alpha value is -0.600. The molecule has 1 unspecified atom stereocenters. The third-order valence-electron chi connectivity index (χ3n) is 3.12. The first-order chi connectivity index (χ1) is 7.18. The molecule has 0 bridgehead atoms. The van der Waals surface area contributed by atoms with Crippen molar-refractivity contribution in [2.24, 2.45) is 5.92 Å². The lowest BCUT2D eigenvalue weighted by Gasteiger charge is -2.19. The molecular weight excluding hydrogens is 215 g/mol. The van der Waals surface area contributed by atoms with Gasteiger partial charge in [-0.2, -0.15) is 0 Å². The van der Waals surface area contributed by atoms with Crippen molar-refractivity contribution in [2.45, 2.75) is 31.8 Å². The number of rotatable bonds is 2. The Kier molecular flexibility index (Phi) is 3.27. The maximum Gasteiger partial charge on any atom is 0.123 e. The van der Waals surface area contributed by atoms with E-state index in [9.17, 15) is 9.50 Å². The maximum absolute atomic E-state index is 13.0. The van der Waals surface area contributed by atoms with Crippen LogP contribution >= 0.6 is 11.6 Å². The Morgan fingerprint density at radius 3 is 2.67 bits per heavy atom. The lowest BCUT2D eigenvalue weighted by Crippen LogP contribution is -2.09. The van der Waals surface area contributed by atoms with Gasteiger partial charge in [0.25, 0.3) is 0 Å². The Labute approximate surface area is 93.9 Å². The summed E-state index contributed by atoms with van der Waals surface area (Å²) in [7, 11) is 0. The van der Waals surface area contributed by atoms with Gasteiger partial charge in [0.05, 0.1) is 6.10 Å². The minimum absolute atomic E-state index is 0.240. The molecule has 1 aromatic carbocycles. The quantitative estimate of drug-likeness (QED) is 0.818. The molecule has 15 heavy (non-hydrogen) atoms. The second-order valence-corrected chi connectivity index (χ2v) is 4.56. The molecule has 0 spiro atoms. The molecule has 82 valence electrons. The molecule has 1 aromatic rings. The first kappa shape index (κ1) is 10.9. The van der Waals surface area contributed by atoms with Gasteiger partial charge in [0.1, 0.15) is 5.82 Å². The topological polar surface area (TPSA) is 20.2 Å². The third-order valence-corrected chi connectivity index (χ3v) is 3.47. The maximum atomic E-state index is 13.0. The van der Waals surface area contributed by atoms with Gasteiger partial charge in [0.2, 0.25) is 0 Å². The number of benzene rings is 1. The molecule has 0 aromatic heterocycles. The first-order valence-electron chi connectivity index (χ1n) is 5.31. The smallest absolute Gasteiger partial charge is 0.123 e. The summed E-state index contributed by atoms with van der Waals surface area (Å²) in [6, 6.07) is 4.16. The normalized spacial score (nSPS) is 19.4. The molecule has 0 radical (unpaired) electrons. The highest BCUT2D eigenvalue weighted by Crippen LogP contribution is 2.38. The van der Waals surface area contributed by atoms with Gasteiger partial charge in [-0.15, -0.1) is 0 Å². The highest BCUT2D eigenvalue weighted by Gasteiger charge is 2.26. The average molecular weight is 229 g/mol. The van der Waals surface area contributed by atoms with Crippen LogP contribution in [0.1, 0.15) is 37.4 Å². The van der Waals surface area contributed by atoms with Crippen LogP contribution in [-0.4, -0.2) is 5.11 Å². The lowest BCUT2D eigenvalue weighted by molar-refractivity contribution is 0.111. The summed E-state index contributed by atoms with van der Waals surface area (Å²) in [4.78, 5) is 0. The molecule has 1 aliphatic rings. The van der Waals surface area contributed by atoms with E-state index < -0.39 is 6.10 Å². The van der Waals surface area contributed by atoms with Gasteiger partial charge in [-0.05, 0) is 37.0 Å². The zero-order chi connectivity index (χ0) is 10.8. The van der Waals surface area contributed by atoms with Gasteiger partial charge in [0.15, 0.2) is 0 Å². The average Bonchev–Trinajstić information content (AvgIpc) is 2.74. The van der Waals surface area contributed by atoms with E-state index in [2.05, 4.69) is 0 Å². The number of hydrogen-bond donors (Lipinski definition) is 1. The minimum atomic E-state index is -0.615. The summed E-state index contributed by atoms with van der Waals surface area (Å²) in [6.45, 7) is 0. The van der Waals surface area contributed by atoms with Crippen LogP contribution in [0.5, 0.6) is 0 Å². The van der Waals surface area contributed by atoms with Crippen LogP contribution in [-0.2, 0) is 0 Å². The fourth-order valence-electron chi connectivity index (χ4n) is 2.27. The number of hydrogen-bond acceptors (Lipinski definition) is 1. The second kappa shape index (κ2) is 4.50. The summed E-state index contributed by atoms with van der Waals surface area (Å²) in [5.41, 5.74) is 0.531. The van der Waals surface area contributed by atoms with E-state index in [-0.39, 0.29) is 11.7 Å². The van der Waals surface area contributed by atoms with Crippen molar-refractivity contribution in [1.29, 1.82) is 0 Å². The monoisotopic (exact) mass is 228 g/mol. The summed E-state index contributed by atoms with van der Waals surface area (Å²) < 4.78 is 13.0. The molecule has 1 atom stereocenters. The standard InChI is InChI=1S/C12H14ClFO/c13-11-6-5-9(14)7-10(11)12(15)8-3-1-2-4-8/h5-8,12,15H,1-4H2. The fourth-order valence-corrected chi connectivity index (χ4v) is 2.50. The van der Waals surface area contributed by atoms with Crippen LogP contribution in [0.15, 0.2) is 18.2 Å². The van der Waals surface area contributed by atoms with E-state index in [1.54, 1.807) is 0 Å². The fraction of sp³-hybridized carbons (Fsp3) is 0.500. The minimum Gasteiger partial charge on any atom is -0.388 e. The van der Waals surface area contributed by atoms with Gasteiger partial charge in [-0.1, -0.05) is 24.4 Å². The first-order valence-corrected chi connectivity index (χ1v) is 5.69. The summed E-state index contributed by atoms with van der Waals surface area (Å²) in [5, 5.41) is 10.5. The molecule has 0 heterocycles. The van der Waals surface area contributed by atoms with Crippen LogP contribution in [0, 0.1) is 11.7 Å². The molecule has 0 amide bonds. The predicted molar refractivity (Wildman–Crippen MR) is 58.3 cm³/mol. The molecule has 1 fully saturated rings. The largest absolute Gasteiger partial charge is 0.388 e. The van der Waals surface area contributed by atoms with Gasteiger partial charge < -0.3 is 5.11 Å². The SMILES string of the molecule is OC(c1cc(F)ccc1Cl)C1CCCC1. The Morgan fingerprint density at radius 1 is 1.33 bits per heavy atom. The molecule has 1 nitrogen and oxygen atoms in total. The van der Waals surface area contributed by atoms with E-state index >= 15 is 0 Å². The van der Waals surface area contributed by atoms with Crippen LogP contribution in [0.4, 0.5) is 4.39 Å². The van der Waals surface area contributed by atoms with Gasteiger partial charge in [-0.25, -0.2) is 4.39 Å². The molecule has 1 aliphatic carbocycles. The second-order valence-electron chi connectivity index (χ2n) is 4.16. The third kappa shape index (κ3) is 2.32. The number of halogens is 2. The van der Waals surface area contributed by atoms with E-state index in [1.807, 2.05) is 0 Å². The van der Waals surface area contributed by atoms with E-state index in [1.165, 1.54) is 18.2 Å². The van der Waals surface area contributed by atoms with Gasteiger partial charge >= 0.3 is 0 Å². The van der Waals surface area contributed by atoms with Gasteiger partial charge in [0, 0.05) is 10.6 Å². The number of aliphatic hydroxyl groups is 1. The zero-order valence-corrected chi connectivity index (χ0v) is 9.17. The van der Waals surface area contributed by atoms with Crippen molar-refractivity contribution in [3.63, 3.8) is 0 Å². The summed E-state index contributed by atoms with van der Waals surface area (Å²) >= 11 is 5.94. The van der Waals surface area contributed by atoms with Crippen molar-refractivity contribution < 1.29 is 9.50 Å².